The van der Waals surface area contributed by atoms with Gasteiger partial charge < -0.3 is 0 Å². The minimum atomic E-state index is -6.91. The number of hydrogen-bond donors (Lipinski definition) is 0. The van der Waals surface area contributed by atoms with Gasteiger partial charge in [0.1, 0.15) is 12.8 Å². The Kier molecular flexibility index (Phi) is 5.55. The van der Waals surface area contributed by atoms with Gasteiger partial charge in [0.25, 0.3) is 0 Å². The minimum absolute atomic E-state index is 2.08. The van der Waals surface area contributed by atoms with E-state index in [2.05, 4.69) is 4.74 Å². The molecule has 0 saturated carbocycles. The highest BCUT2D eigenvalue weighted by Crippen LogP contribution is 2.51. The van der Waals surface area contributed by atoms with Crippen molar-refractivity contribution in [2.24, 2.45) is 0 Å². The fourth-order valence-electron chi connectivity index (χ4n) is 1.16. The van der Waals surface area contributed by atoms with Crippen molar-refractivity contribution in [1.82, 2.24) is 0 Å². The molecule has 0 aromatic heterocycles. The molecular formula is C8H4F14O. The van der Waals surface area contributed by atoms with Crippen LogP contribution in [0.5, 0.6) is 0 Å². The van der Waals surface area contributed by atoms with Crippen LogP contribution in [0.25, 0.3) is 0 Å². The van der Waals surface area contributed by atoms with Crippen molar-refractivity contribution < 1.29 is 66.2 Å². The van der Waals surface area contributed by atoms with Crippen molar-refractivity contribution in [3.05, 3.63) is 0 Å². The number of halogens is 14. The van der Waals surface area contributed by atoms with Gasteiger partial charge in [0.2, 0.25) is 0 Å². The first-order chi connectivity index (χ1) is 9.62. The molecule has 2 atom stereocenters. The van der Waals surface area contributed by atoms with E-state index in [0.29, 0.717) is 0 Å². The van der Waals surface area contributed by atoms with E-state index < -0.39 is 49.3 Å². The van der Waals surface area contributed by atoms with E-state index in [0.717, 1.165) is 0 Å². The van der Waals surface area contributed by atoms with Gasteiger partial charge in [0.05, 0.1) is 0 Å². The van der Waals surface area contributed by atoms with E-state index in [-0.39, 0.29) is 0 Å². The zero-order valence-electron chi connectivity index (χ0n) is 10.1. The second-order valence-corrected chi connectivity index (χ2v) is 4.14. The van der Waals surface area contributed by atoms with Crippen molar-refractivity contribution in [3.63, 3.8) is 0 Å². The third-order valence-electron chi connectivity index (χ3n) is 2.03. The first-order valence-electron chi connectivity index (χ1n) is 4.97. The molecule has 0 aliphatic heterocycles. The van der Waals surface area contributed by atoms with Crippen molar-refractivity contribution >= 4 is 0 Å². The summed E-state index contributed by atoms with van der Waals surface area (Å²) >= 11 is 0. The topological polar surface area (TPSA) is 9.23 Å². The van der Waals surface area contributed by atoms with Gasteiger partial charge in [-0.2, -0.15) is 52.7 Å². The maximum Gasteiger partial charge on any atom is 0.448 e. The van der Waals surface area contributed by atoms with Gasteiger partial charge >= 0.3 is 36.4 Å². The predicted octanol–water partition coefficient (Wildman–Crippen LogP) is 5.36. The fraction of sp³-hybridized carbons (Fsp3) is 1.00. The van der Waals surface area contributed by atoms with Crippen molar-refractivity contribution in [1.29, 1.82) is 0 Å². The third-order valence-corrected chi connectivity index (χ3v) is 2.03. The van der Waals surface area contributed by atoms with E-state index in [4.69, 9.17) is 0 Å². The van der Waals surface area contributed by atoms with Crippen LogP contribution in [-0.4, -0.2) is 36.4 Å². The minimum Gasteiger partial charge on any atom is -0.293 e. The second kappa shape index (κ2) is 5.81. The molecule has 0 aliphatic rings. The first-order valence-corrected chi connectivity index (χ1v) is 4.97. The fourth-order valence-corrected chi connectivity index (χ4v) is 1.16. The Morgan fingerprint density at radius 1 is 0.435 bits per heavy atom. The molecule has 0 fully saturated rings. The summed E-state index contributed by atoms with van der Waals surface area (Å²) in [5.41, 5.74) is 0. The average molecular weight is 382 g/mol. The van der Waals surface area contributed by atoms with Crippen LogP contribution in [0.4, 0.5) is 61.5 Å². The van der Waals surface area contributed by atoms with Gasteiger partial charge in [0.15, 0.2) is 0 Å². The van der Waals surface area contributed by atoms with Crippen LogP contribution in [-0.2, 0) is 4.74 Å². The van der Waals surface area contributed by atoms with Gasteiger partial charge in [-0.05, 0) is 0 Å². The van der Waals surface area contributed by atoms with E-state index in [1.165, 1.54) is 0 Å². The van der Waals surface area contributed by atoms with Crippen molar-refractivity contribution in [3.8, 4) is 0 Å². The lowest BCUT2D eigenvalue weighted by atomic mass is 10.1. The van der Waals surface area contributed by atoms with Gasteiger partial charge in [-0.3, -0.25) is 4.74 Å². The van der Waals surface area contributed by atoms with Crippen LogP contribution >= 0.6 is 0 Å². The summed E-state index contributed by atoms with van der Waals surface area (Å²) in [4.78, 5) is 0. The standard InChI is InChI=1S/C8H4F14O/c9-3(7(17,18)19,1-5(11,12)13)23-4(10,8(20,21)22)2-6(14,15)16/h1-2H2. The van der Waals surface area contributed by atoms with Gasteiger partial charge in [-0.15, -0.1) is 0 Å². The summed E-state index contributed by atoms with van der Waals surface area (Å²) in [5.74, 6) is -12.8. The SMILES string of the molecule is FC(F)(F)CC(F)(OC(F)(CC(F)(F)F)C(F)(F)F)C(F)(F)F. The van der Waals surface area contributed by atoms with Crippen LogP contribution < -0.4 is 0 Å². The van der Waals surface area contributed by atoms with Crippen LogP contribution in [0.15, 0.2) is 0 Å². The summed E-state index contributed by atoms with van der Waals surface area (Å²) in [6, 6.07) is 0. The molecule has 0 amide bonds. The van der Waals surface area contributed by atoms with E-state index in [1.807, 2.05) is 0 Å². The zero-order chi connectivity index (χ0) is 19.1. The summed E-state index contributed by atoms with van der Waals surface area (Å²) in [6.45, 7) is 0. The van der Waals surface area contributed by atoms with Crippen LogP contribution in [0, 0.1) is 0 Å². The Morgan fingerprint density at radius 2 is 0.652 bits per heavy atom. The summed E-state index contributed by atoms with van der Waals surface area (Å²) < 4.78 is 173. The molecule has 0 N–H and O–H groups in total. The summed E-state index contributed by atoms with van der Waals surface area (Å²) in [5, 5.41) is 0. The Balaban J connectivity index is 5.91. The third kappa shape index (κ3) is 6.18. The molecule has 15 heteroatoms. The van der Waals surface area contributed by atoms with E-state index in [9.17, 15) is 61.5 Å². The predicted molar refractivity (Wildman–Crippen MR) is 42.2 cm³/mol. The summed E-state index contributed by atoms with van der Waals surface area (Å²) in [6.07, 6.45) is -33.8. The van der Waals surface area contributed by atoms with Crippen LogP contribution in [0.2, 0.25) is 0 Å². The molecule has 0 aliphatic carbocycles. The molecule has 0 rings (SSSR count). The molecule has 0 aromatic rings. The quantitative estimate of drug-likeness (QED) is 0.595. The maximum absolute atomic E-state index is 13.2. The molecule has 140 valence electrons. The van der Waals surface area contributed by atoms with E-state index in [1.54, 1.807) is 0 Å². The first kappa shape index (κ1) is 22.0. The largest absolute Gasteiger partial charge is 0.448 e. The number of rotatable bonds is 4. The highest BCUT2D eigenvalue weighted by atomic mass is 19.4. The lowest BCUT2D eigenvalue weighted by Gasteiger charge is -2.36. The molecule has 0 aromatic carbocycles. The molecular weight excluding hydrogens is 378 g/mol. The number of alkyl halides is 14. The van der Waals surface area contributed by atoms with E-state index >= 15 is 0 Å². The molecule has 23 heavy (non-hydrogen) atoms. The Hall–Kier alpha value is -1.02. The molecule has 0 radical (unpaired) electrons. The van der Waals surface area contributed by atoms with Crippen LogP contribution in [0.3, 0.4) is 0 Å². The van der Waals surface area contributed by atoms with Gasteiger partial charge in [0, 0.05) is 0 Å². The van der Waals surface area contributed by atoms with Crippen molar-refractivity contribution in [2.75, 3.05) is 0 Å². The zero-order valence-corrected chi connectivity index (χ0v) is 10.1. The number of hydrogen-bond acceptors (Lipinski definition) is 1. The van der Waals surface area contributed by atoms with Crippen LogP contribution in [0.1, 0.15) is 12.8 Å². The highest BCUT2D eigenvalue weighted by molar-refractivity contribution is 4.89. The monoisotopic (exact) mass is 382 g/mol. The second-order valence-electron chi connectivity index (χ2n) is 4.14. The Bertz CT molecular complexity index is 363. The Morgan fingerprint density at radius 3 is 0.783 bits per heavy atom. The maximum atomic E-state index is 13.2. The molecule has 0 bridgehead atoms. The van der Waals surface area contributed by atoms with Gasteiger partial charge in [-0.1, -0.05) is 0 Å². The average Bonchev–Trinajstić information content (AvgIpc) is 2.05. The number of ether oxygens (including phenoxy) is 1. The van der Waals surface area contributed by atoms with Crippen molar-refractivity contribution in [2.45, 2.75) is 49.3 Å². The highest BCUT2D eigenvalue weighted by Gasteiger charge is 2.72. The molecule has 0 saturated heterocycles. The lowest BCUT2D eigenvalue weighted by molar-refractivity contribution is -0.454. The summed E-state index contributed by atoms with van der Waals surface area (Å²) in [7, 11) is 0. The molecule has 0 heterocycles. The molecule has 0 spiro atoms. The molecule has 2 unspecified atom stereocenters. The molecule has 1 nitrogen and oxygen atoms in total. The smallest absolute Gasteiger partial charge is 0.293 e. The Labute approximate surface area is 117 Å². The normalized spacial score (nSPS) is 20.1. The van der Waals surface area contributed by atoms with Gasteiger partial charge in [-0.25, -0.2) is 8.78 Å². The lowest BCUT2D eigenvalue weighted by Crippen LogP contribution is -2.57.